The summed E-state index contributed by atoms with van der Waals surface area (Å²) in [4.78, 5) is 64.5. The molecule has 3 aliphatic rings. The number of carbonyl (C=O) groups is 5. The zero-order valence-electron chi connectivity index (χ0n) is 45.3. The van der Waals surface area contributed by atoms with Crippen molar-refractivity contribution < 1.29 is 89.5 Å². The van der Waals surface area contributed by atoms with Crippen molar-refractivity contribution in [3.63, 3.8) is 0 Å². The lowest BCUT2D eigenvalue weighted by Crippen LogP contribution is -2.78. The first kappa shape index (κ1) is 65.2. The van der Waals surface area contributed by atoms with E-state index >= 15 is 0 Å². The van der Waals surface area contributed by atoms with Gasteiger partial charge in [0.2, 0.25) is 0 Å². The van der Waals surface area contributed by atoms with E-state index in [-0.39, 0.29) is 87.1 Å². The van der Waals surface area contributed by atoms with E-state index in [0.717, 1.165) is 0 Å². The summed E-state index contributed by atoms with van der Waals surface area (Å²) >= 11 is 0. The first-order valence-corrected chi connectivity index (χ1v) is 27.1. The van der Waals surface area contributed by atoms with Crippen LogP contribution in [-0.4, -0.2) is 144 Å². The maximum atomic E-state index is 13.3. The number of allylic oxidation sites excluding steroid dienone is 12. The second-order valence-electron chi connectivity index (χ2n) is 21.3. The maximum Gasteiger partial charge on any atom is 0.313 e. The van der Waals surface area contributed by atoms with Gasteiger partial charge < -0.3 is 76.1 Å². The third-order valence-electron chi connectivity index (χ3n) is 14.4. The lowest BCUT2D eigenvalue weighted by atomic mass is 9.83. The molecule has 1 aromatic carbocycles. The fourth-order valence-electron chi connectivity index (χ4n) is 9.98. The quantitative estimate of drug-likeness (QED) is 0.0704. The van der Waals surface area contributed by atoms with Crippen LogP contribution >= 0.6 is 0 Å². The number of carboxylic acids is 1. The summed E-state index contributed by atoms with van der Waals surface area (Å²) in [7, 11) is 0. The molecule has 3 heterocycles. The molecule has 78 heavy (non-hydrogen) atoms. The molecule has 3 aliphatic heterocycles. The van der Waals surface area contributed by atoms with Crippen LogP contribution in [-0.2, 0) is 38.1 Å². The van der Waals surface area contributed by atoms with Crippen molar-refractivity contribution in [2.75, 3.05) is 5.73 Å². The normalized spacial score (nSPS) is 36.3. The maximum absolute atomic E-state index is 13.3. The zero-order valence-corrected chi connectivity index (χ0v) is 45.3. The molecule has 4 rings (SSSR count). The van der Waals surface area contributed by atoms with Gasteiger partial charge in [-0.25, -0.2) is 0 Å². The van der Waals surface area contributed by atoms with E-state index in [9.17, 15) is 64.8 Å². The monoisotopic (exact) mass is 1090 g/mol. The van der Waals surface area contributed by atoms with Gasteiger partial charge >= 0.3 is 5.97 Å². The van der Waals surface area contributed by atoms with Gasteiger partial charge in [-0.05, 0) is 75.1 Å². The predicted octanol–water partition coefficient (Wildman–Crippen LogP) is 2.75. The number of ketones is 3. The Morgan fingerprint density at radius 3 is 2.01 bits per heavy atom. The summed E-state index contributed by atoms with van der Waals surface area (Å²) in [6, 6.07) is 5.55. The highest BCUT2D eigenvalue weighted by Gasteiger charge is 2.48. The van der Waals surface area contributed by atoms with Crippen LogP contribution in [0.25, 0.3) is 0 Å². The minimum Gasteiger partial charge on any atom is -0.550 e. The molecule has 432 valence electrons. The van der Waals surface area contributed by atoms with Crippen LogP contribution in [0, 0.1) is 23.7 Å². The van der Waals surface area contributed by atoms with Crippen LogP contribution in [0.15, 0.2) is 109 Å². The molecule has 0 amide bonds. The Kier molecular flexibility index (Phi) is 27.3. The number of rotatable bonds is 10. The van der Waals surface area contributed by atoms with Crippen LogP contribution in [0.3, 0.4) is 0 Å². The molecule has 2 bridgehead atoms. The molecular weight excluding hydrogens is 1010 g/mol. The summed E-state index contributed by atoms with van der Waals surface area (Å²) in [6.07, 6.45) is 10.6. The Morgan fingerprint density at radius 1 is 0.821 bits per heavy atom. The van der Waals surface area contributed by atoms with Crippen molar-refractivity contribution >= 4 is 35.0 Å². The van der Waals surface area contributed by atoms with Gasteiger partial charge in [-0.1, -0.05) is 106 Å². The number of aliphatic hydroxyl groups excluding tert-OH is 6. The number of nitrogens with two attached hydrogens (primary N) is 1. The van der Waals surface area contributed by atoms with Crippen LogP contribution in [0.4, 0.5) is 5.69 Å². The van der Waals surface area contributed by atoms with Gasteiger partial charge in [-0.3, -0.25) is 19.2 Å². The molecule has 0 aromatic heterocycles. The number of anilines is 1. The predicted molar refractivity (Wildman–Crippen MR) is 287 cm³/mol. The summed E-state index contributed by atoms with van der Waals surface area (Å²) in [6.45, 7) is 7.11. The smallest absolute Gasteiger partial charge is 0.313 e. The van der Waals surface area contributed by atoms with E-state index in [4.69, 9.17) is 24.7 Å². The Hall–Kier alpha value is -5.29. The van der Waals surface area contributed by atoms with Gasteiger partial charge in [0.05, 0.1) is 48.6 Å². The molecule has 0 saturated carbocycles. The molecule has 1 aromatic rings. The molecule has 2 saturated heterocycles. The molecule has 19 heteroatoms. The van der Waals surface area contributed by atoms with E-state index in [1.54, 1.807) is 110 Å². The highest BCUT2D eigenvalue weighted by molar-refractivity contribution is 5.97. The molecular formula is C59H84N2O17. The molecule has 12 N–H and O–H groups in total. The lowest BCUT2D eigenvalue weighted by molar-refractivity contribution is -0.488. The highest BCUT2D eigenvalue weighted by Crippen LogP contribution is 2.38. The van der Waals surface area contributed by atoms with Crippen molar-refractivity contribution in [2.24, 2.45) is 23.7 Å². The number of esters is 1. The van der Waals surface area contributed by atoms with Gasteiger partial charge in [0.25, 0.3) is 0 Å². The average molecular weight is 1090 g/mol. The number of benzene rings is 1. The SMILES string of the molecule is CC1/C=C/C=C/C=C/C=C/C=C/C=C/C=C/C(OC2O[C@H](C)[C@@H](O)[C@H]([NH3+])[C@@H]2O)CC2OC(O)(CCCC(O)CCCC(=O)CC(O)CC(=O)CC(=O)OC1C(C)CC(C)C(O)CC(=O)c1ccc(N)cc1)CC(O)C2C(=O)[O-]. The van der Waals surface area contributed by atoms with Crippen molar-refractivity contribution in [1.29, 1.82) is 0 Å². The summed E-state index contributed by atoms with van der Waals surface area (Å²) < 4.78 is 23.9. The molecule has 2 fully saturated rings. The van der Waals surface area contributed by atoms with Crippen molar-refractivity contribution in [3.8, 4) is 0 Å². The number of nitrogen functional groups attached to an aromatic ring is 1. The number of cyclic esters (lactones) is 1. The van der Waals surface area contributed by atoms with Crippen LogP contribution in [0.5, 0.6) is 0 Å². The fraction of sp³-hybridized carbons (Fsp3) is 0.576. The van der Waals surface area contributed by atoms with E-state index in [1.807, 2.05) is 26.8 Å². The average Bonchev–Trinajstić information content (AvgIpc) is 3.38. The van der Waals surface area contributed by atoms with Crippen LogP contribution < -0.4 is 16.6 Å². The number of fused-ring (bicyclic) bond motifs is 2. The van der Waals surface area contributed by atoms with Crippen molar-refractivity contribution in [2.45, 2.75) is 190 Å². The lowest BCUT2D eigenvalue weighted by Gasteiger charge is -2.46. The molecule has 19 nitrogen and oxygen atoms in total. The minimum absolute atomic E-state index is 0.0198. The van der Waals surface area contributed by atoms with E-state index in [2.05, 4.69) is 5.73 Å². The Bertz CT molecular complexity index is 2290. The van der Waals surface area contributed by atoms with E-state index < -0.39 is 122 Å². The van der Waals surface area contributed by atoms with Gasteiger partial charge in [0.1, 0.15) is 36.2 Å². The fourth-order valence-corrected chi connectivity index (χ4v) is 9.98. The zero-order chi connectivity index (χ0) is 57.5. The first-order chi connectivity index (χ1) is 37.0. The molecule has 0 spiro atoms. The highest BCUT2D eigenvalue weighted by atomic mass is 16.7. The summed E-state index contributed by atoms with van der Waals surface area (Å²) in [5, 5.41) is 89.0. The number of hydrogen-bond acceptors (Lipinski definition) is 18. The van der Waals surface area contributed by atoms with E-state index in [0.29, 0.717) is 17.7 Å². The van der Waals surface area contributed by atoms with Crippen LogP contribution in [0.2, 0.25) is 0 Å². The number of carbonyl (C=O) groups excluding carboxylic acids is 5. The van der Waals surface area contributed by atoms with Crippen LogP contribution in [0.1, 0.15) is 122 Å². The Labute approximate surface area is 457 Å². The van der Waals surface area contributed by atoms with Gasteiger partial charge in [0.15, 0.2) is 24.0 Å². The number of quaternary nitrogens is 1. The largest absolute Gasteiger partial charge is 0.550 e. The second-order valence-corrected chi connectivity index (χ2v) is 21.3. The summed E-state index contributed by atoms with van der Waals surface area (Å²) in [5.41, 5.74) is 10.5. The Balaban J connectivity index is 1.52. The van der Waals surface area contributed by atoms with Gasteiger partial charge in [0, 0.05) is 68.1 Å². The molecule has 17 atom stereocenters. The topological polar surface area (TPSA) is 341 Å². The Morgan fingerprint density at radius 2 is 1.40 bits per heavy atom. The molecule has 0 aliphatic carbocycles. The molecule has 13 unspecified atom stereocenters. The second kappa shape index (κ2) is 32.7. The van der Waals surface area contributed by atoms with Gasteiger partial charge in [-0.2, -0.15) is 0 Å². The van der Waals surface area contributed by atoms with Gasteiger partial charge in [-0.15, -0.1) is 0 Å². The molecule has 0 radical (unpaired) electrons. The first-order valence-electron chi connectivity index (χ1n) is 27.1. The number of ether oxygens (including phenoxy) is 4. The third-order valence-corrected chi connectivity index (χ3v) is 14.4. The standard InChI is InChI=1S/C59H84N2O17/c1-36-19-15-13-11-9-7-5-6-8-10-12-14-16-23-46(76-58-55(71)53(61)54(70)39(4)75-58)33-50-52(57(72)73)49(68)35-59(74,78-50)28-18-22-42(62)20-17-21-43(63)30-44(64)31-45(65)32-51(69)77-56(36)38(3)29-37(2)47(66)34-48(67)40-24-26-41(60)27-25-40/h5-16,19,23-27,36-39,42,44,46-47,49-50,52-56,58,62,64,66,68,70-71,74H,17-18,20-22,28-35,60-61H2,1-4H3,(H,72,73)/b6-5+,9-7+,10-8+,13-11+,14-12+,19-15+,23-16+/t36?,37?,38?,39-,42?,44?,46?,47?,49?,50?,52?,53+,54-,55+,56?,58?,59?/m1/s1. The third kappa shape index (κ3) is 22.1. The number of carboxylic acid groups (broad SMARTS) is 1. The summed E-state index contributed by atoms with van der Waals surface area (Å²) in [5.74, 6) is -8.38. The van der Waals surface area contributed by atoms with Crippen molar-refractivity contribution in [3.05, 3.63) is 115 Å². The van der Waals surface area contributed by atoms with Crippen molar-refractivity contribution in [1.82, 2.24) is 0 Å². The number of aliphatic hydroxyl groups is 7. The minimum atomic E-state index is -2.02. The number of aliphatic carboxylic acids is 1. The number of Topliss-reactive ketones (excluding diaryl/α,β-unsaturated/α-hetero) is 3. The van der Waals surface area contributed by atoms with E-state index in [1.165, 1.54) is 0 Å². The number of hydrogen-bond donors (Lipinski definition) is 9.